The van der Waals surface area contributed by atoms with E-state index in [-0.39, 0.29) is 6.42 Å². The second-order valence-electron chi connectivity index (χ2n) is 4.71. The first-order chi connectivity index (χ1) is 7.83. The van der Waals surface area contributed by atoms with E-state index in [0.717, 1.165) is 16.7 Å². The Hall–Kier alpha value is -1.84. The third-order valence-corrected chi connectivity index (χ3v) is 3.12. The second kappa shape index (κ2) is 3.58. The molecule has 1 N–H and O–H groups in total. The molecule has 0 aliphatic carbocycles. The van der Waals surface area contributed by atoms with Crippen molar-refractivity contribution in [2.45, 2.75) is 32.8 Å². The summed E-state index contributed by atoms with van der Waals surface area (Å²) < 4.78 is 5.03. The molecule has 0 radical (unpaired) electrons. The van der Waals surface area contributed by atoms with Gasteiger partial charge in [0.05, 0.1) is 5.56 Å². The summed E-state index contributed by atoms with van der Waals surface area (Å²) in [5.41, 5.74) is 1.71. The van der Waals surface area contributed by atoms with Crippen molar-refractivity contribution in [2.24, 2.45) is 0 Å². The van der Waals surface area contributed by atoms with Crippen LogP contribution in [0.15, 0.2) is 12.1 Å². The molecule has 0 saturated carbocycles. The first-order valence-corrected chi connectivity index (χ1v) is 5.40. The number of carbonyl (C=O) groups excluding carboxylic acids is 1. The van der Waals surface area contributed by atoms with Crippen LogP contribution in [0.2, 0.25) is 0 Å². The van der Waals surface area contributed by atoms with E-state index in [4.69, 9.17) is 9.84 Å². The van der Waals surface area contributed by atoms with E-state index >= 15 is 0 Å². The number of carboxylic acids is 1. The molecule has 2 rings (SSSR count). The molecule has 1 aromatic carbocycles. The van der Waals surface area contributed by atoms with Crippen molar-refractivity contribution >= 4 is 11.9 Å². The molecule has 4 heteroatoms. The first kappa shape index (κ1) is 11.6. The summed E-state index contributed by atoms with van der Waals surface area (Å²) >= 11 is 0. The van der Waals surface area contributed by atoms with Gasteiger partial charge in [0.15, 0.2) is 0 Å². The van der Waals surface area contributed by atoms with E-state index in [1.807, 2.05) is 19.9 Å². The summed E-state index contributed by atoms with van der Waals surface area (Å²) in [5, 5.41) is 9.11. The fraction of sp³-hybridized carbons (Fsp3) is 0.385. The van der Waals surface area contributed by atoms with Gasteiger partial charge in [-0.1, -0.05) is 6.07 Å². The fourth-order valence-electron chi connectivity index (χ4n) is 2.17. The maximum atomic E-state index is 11.8. The first-order valence-electron chi connectivity index (χ1n) is 5.40. The molecule has 17 heavy (non-hydrogen) atoms. The van der Waals surface area contributed by atoms with Crippen LogP contribution in [0.3, 0.4) is 0 Å². The van der Waals surface area contributed by atoms with Crippen molar-refractivity contribution in [1.82, 2.24) is 0 Å². The van der Waals surface area contributed by atoms with Crippen molar-refractivity contribution < 1.29 is 19.4 Å². The third kappa shape index (κ3) is 1.79. The van der Waals surface area contributed by atoms with Crippen molar-refractivity contribution in [3.8, 4) is 0 Å². The number of fused-ring (bicyclic) bond motifs is 1. The zero-order valence-electron chi connectivity index (χ0n) is 10.0. The highest BCUT2D eigenvalue weighted by molar-refractivity contribution is 5.96. The van der Waals surface area contributed by atoms with Gasteiger partial charge in [0.25, 0.3) is 0 Å². The smallest absolute Gasteiger partial charge is 0.348 e. The van der Waals surface area contributed by atoms with E-state index in [1.165, 1.54) is 6.92 Å². The molecule has 0 fully saturated rings. The molecule has 1 aromatic rings. The van der Waals surface area contributed by atoms with Crippen molar-refractivity contribution in [2.75, 3.05) is 0 Å². The van der Waals surface area contributed by atoms with Crippen LogP contribution in [0.1, 0.15) is 34.0 Å². The second-order valence-corrected chi connectivity index (χ2v) is 4.71. The van der Waals surface area contributed by atoms with Gasteiger partial charge in [-0.3, -0.25) is 0 Å². The lowest BCUT2D eigenvalue weighted by Crippen LogP contribution is -2.46. The molecule has 1 heterocycles. The Morgan fingerprint density at radius 3 is 2.65 bits per heavy atom. The molecule has 0 bridgehead atoms. The highest BCUT2D eigenvalue weighted by Gasteiger charge is 2.43. The Labute approximate surface area is 99.2 Å². The van der Waals surface area contributed by atoms with Gasteiger partial charge in [0.1, 0.15) is 0 Å². The number of esters is 1. The molecular weight excluding hydrogens is 220 g/mol. The van der Waals surface area contributed by atoms with Crippen LogP contribution in [0.25, 0.3) is 0 Å². The molecule has 0 aromatic heterocycles. The number of benzene rings is 1. The van der Waals surface area contributed by atoms with Gasteiger partial charge in [-0.25, -0.2) is 9.59 Å². The van der Waals surface area contributed by atoms with Crippen molar-refractivity contribution in [3.05, 3.63) is 34.4 Å². The van der Waals surface area contributed by atoms with Gasteiger partial charge in [-0.2, -0.15) is 0 Å². The maximum Gasteiger partial charge on any atom is 0.348 e. The van der Waals surface area contributed by atoms with Gasteiger partial charge in [0, 0.05) is 6.42 Å². The van der Waals surface area contributed by atoms with Crippen molar-refractivity contribution in [1.29, 1.82) is 0 Å². The summed E-state index contributed by atoms with van der Waals surface area (Å²) in [7, 11) is 0. The van der Waals surface area contributed by atoms with E-state index in [0.29, 0.717) is 5.56 Å². The standard InChI is InChI=1S/C13H14O4/c1-7-4-8(2)10-6-13(3,12(15)16)17-11(14)9(10)5-7/h4-5H,6H2,1-3H3,(H,15,16). The van der Waals surface area contributed by atoms with Crippen LogP contribution >= 0.6 is 0 Å². The summed E-state index contributed by atoms with van der Waals surface area (Å²) in [6.45, 7) is 5.20. The highest BCUT2D eigenvalue weighted by atomic mass is 16.6. The zero-order chi connectivity index (χ0) is 12.8. The number of carboxylic acid groups (broad SMARTS) is 1. The maximum absolute atomic E-state index is 11.8. The number of aryl methyl sites for hydroxylation is 2. The Morgan fingerprint density at radius 2 is 2.06 bits per heavy atom. The van der Waals surface area contributed by atoms with Crippen LogP contribution in [-0.2, 0) is 16.0 Å². The molecule has 1 atom stereocenters. The molecular formula is C13H14O4. The minimum absolute atomic E-state index is 0.218. The van der Waals surface area contributed by atoms with Crippen molar-refractivity contribution in [3.63, 3.8) is 0 Å². The van der Waals surface area contributed by atoms with Crippen LogP contribution < -0.4 is 0 Å². The lowest BCUT2D eigenvalue weighted by molar-refractivity contribution is -0.158. The molecule has 0 amide bonds. The lowest BCUT2D eigenvalue weighted by atomic mass is 9.86. The van der Waals surface area contributed by atoms with E-state index < -0.39 is 17.5 Å². The molecule has 0 spiro atoms. The molecule has 90 valence electrons. The quantitative estimate of drug-likeness (QED) is 0.753. The van der Waals surface area contributed by atoms with Gasteiger partial charge in [-0.05, 0) is 43.5 Å². The molecule has 1 aliphatic rings. The number of carbonyl (C=O) groups is 2. The Morgan fingerprint density at radius 1 is 1.41 bits per heavy atom. The Kier molecular flexibility index (Phi) is 2.45. The molecule has 1 aliphatic heterocycles. The Balaban J connectivity index is 2.58. The average molecular weight is 234 g/mol. The van der Waals surface area contributed by atoms with Crippen LogP contribution in [0.5, 0.6) is 0 Å². The zero-order valence-corrected chi connectivity index (χ0v) is 10.0. The van der Waals surface area contributed by atoms with Crippen LogP contribution in [0.4, 0.5) is 0 Å². The summed E-state index contributed by atoms with van der Waals surface area (Å²) in [5.74, 6) is -1.67. The fourth-order valence-corrected chi connectivity index (χ4v) is 2.17. The van der Waals surface area contributed by atoms with Gasteiger partial charge >= 0.3 is 11.9 Å². The monoisotopic (exact) mass is 234 g/mol. The summed E-state index contributed by atoms with van der Waals surface area (Å²) in [6, 6.07) is 3.69. The van der Waals surface area contributed by atoms with E-state index in [2.05, 4.69) is 0 Å². The van der Waals surface area contributed by atoms with Crippen LogP contribution in [0, 0.1) is 13.8 Å². The third-order valence-electron chi connectivity index (χ3n) is 3.12. The minimum atomic E-state index is -1.45. The molecule has 1 unspecified atom stereocenters. The SMILES string of the molecule is Cc1cc(C)c2c(c1)C(=O)OC(C)(C(=O)O)C2. The largest absolute Gasteiger partial charge is 0.478 e. The number of rotatable bonds is 1. The van der Waals surface area contributed by atoms with Gasteiger partial charge in [0.2, 0.25) is 5.60 Å². The normalized spacial score (nSPS) is 22.9. The summed E-state index contributed by atoms with van der Waals surface area (Å²) in [6.07, 6.45) is 0.218. The molecule has 4 nitrogen and oxygen atoms in total. The number of hydrogen-bond acceptors (Lipinski definition) is 3. The number of aliphatic carboxylic acids is 1. The van der Waals surface area contributed by atoms with Gasteiger partial charge < -0.3 is 9.84 Å². The Bertz CT molecular complexity index is 518. The number of cyclic esters (lactones) is 1. The van der Waals surface area contributed by atoms with Crippen LogP contribution in [-0.4, -0.2) is 22.6 Å². The topological polar surface area (TPSA) is 63.6 Å². The van der Waals surface area contributed by atoms with E-state index in [9.17, 15) is 9.59 Å². The summed E-state index contributed by atoms with van der Waals surface area (Å²) in [4.78, 5) is 23.0. The minimum Gasteiger partial charge on any atom is -0.478 e. The predicted molar refractivity (Wildman–Crippen MR) is 61.1 cm³/mol. The van der Waals surface area contributed by atoms with Gasteiger partial charge in [-0.15, -0.1) is 0 Å². The molecule has 0 saturated heterocycles. The lowest BCUT2D eigenvalue weighted by Gasteiger charge is -2.31. The highest BCUT2D eigenvalue weighted by Crippen LogP contribution is 2.31. The average Bonchev–Trinajstić information content (AvgIpc) is 2.20. The number of ether oxygens (including phenoxy) is 1. The number of hydrogen-bond donors (Lipinski definition) is 1. The van der Waals surface area contributed by atoms with E-state index in [1.54, 1.807) is 6.07 Å². The predicted octanol–water partition coefficient (Wildman–Crippen LogP) is 1.86.